The van der Waals surface area contributed by atoms with Gasteiger partial charge in [-0.25, -0.2) is 19.9 Å². The lowest BCUT2D eigenvalue weighted by molar-refractivity contribution is -0.141. The third-order valence-corrected chi connectivity index (χ3v) is 5.20. The Morgan fingerprint density at radius 3 is 2.76 bits per heavy atom. The van der Waals surface area contributed by atoms with Crippen LogP contribution < -0.4 is 10.6 Å². The van der Waals surface area contributed by atoms with Crippen molar-refractivity contribution in [1.29, 1.82) is 0 Å². The average molecular weight is 405 g/mol. The van der Waals surface area contributed by atoms with Crippen LogP contribution in [0.15, 0.2) is 30.9 Å². The number of rotatable bonds is 3. The van der Waals surface area contributed by atoms with Crippen LogP contribution in [0.1, 0.15) is 25.5 Å². The molecule has 0 aromatic carbocycles. The highest BCUT2D eigenvalue weighted by molar-refractivity contribution is 5.78. The minimum Gasteiger partial charge on any atom is -0.369 e. The van der Waals surface area contributed by atoms with Crippen molar-refractivity contribution in [2.75, 3.05) is 11.4 Å². The van der Waals surface area contributed by atoms with Crippen molar-refractivity contribution in [2.24, 2.45) is 11.7 Å². The molecule has 2 atom stereocenters. The smallest absolute Gasteiger partial charge is 0.369 e. The standard InChI is InChI=1S/C18H18F3N7O/c1-10-11(16(22)29)3-2-6-27(10)14-4-5-23-17(26-14)12-7-25-15-8-24-13(9-28(12)15)18(19,20)21/h4-5,7-11H,2-3,6H2,1H3,(H2,22,29)/t10-,11-/m0/s1. The van der Waals surface area contributed by atoms with Crippen LogP contribution in [-0.2, 0) is 11.0 Å². The summed E-state index contributed by atoms with van der Waals surface area (Å²) in [7, 11) is 0. The number of halogens is 3. The molecule has 29 heavy (non-hydrogen) atoms. The van der Waals surface area contributed by atoms with Gasteiger partial charge in [-0.3, -0.25) is 9.20 Å². The SMILES string of the molecule is C[C@H]1[C@@H](C(N)=O)CCCN1c1ccnc(-c2cnc3cnc(C(F)(F)F)cn23)n1. The number of fused-ring (bicyclic) bond motifs is 1. The second kappa shape index (κ2) is 6.98. The topological polar surface area (TPSA) is 102 Å². The molecule has 0 spiro atoms. The number of hydrogen-bond acceptors (Lipinski definition) is 6. The molecule has 2 N–H and O–H groups in total. The molecule has 0 saturated carbocycles. The average Bonchev–Trinajstić information content (AvgIpc) is 3.10. The molecule has 1 aliphatic rings. The van der Waals surface area contributed by atoms with Gasteiger partial charge in [0.05, 0.1) is 18.3 Å². The van der Waals surface area contributed by atoms with E-state index >= 15 is 0 Å². The molecule has 1 amide bonds. The minimum atomic E-state index is -4.58. The molecular formula is C18H18F3N7O. The Kier molecular flexibility index (Phi) is 4.59. The summed E-state index contributed by atoms with van der Waals surface area (Å²) in [6, 6.07) is 1.56. The van der Waals surface area contributed by atoms with Gasteiger partial charge >= 0.3 is 6.18 Å². The maximum Gasteiger partial charge on any atom is 0.434 e. The van der Waals surface area contributed by atoms with Crippen LogP contribution in [0.4, 0.5) is 19.0 Å². The largest absolute Gasteiger partial charge is 0.434 e. The summed E-state index contributed by atoms with van der Waals surface area (Å²) in [5.74, 6) is 0.153. The fourth-order valence-corrected chi connectivity index (χ4v) is 3.68. The Morgan fingerprint density at radius 2 is 2.03 bits per heavy atom. The number of carbonyl (C=O) groups is 1. The fraction of sp³-hybridized carbons (Fsp3) is 0.389. The summed E-state index contributed by atoms with van der Waals surface area (Å²) in [6.45, 7) is 2.60. The number of anilines is 1. The fourth-order valence-electron chi connectivity index (χ4n) is 3.68. The number of imidazole rings is 1. The van der Waals surface area contributed by atoms with E-state index in [9.17, 15) is 18.0 Å². The van der Waals surface area contributed by atoms with Gasteiger partial charge in [0.25, 0.3) is 0 Å². The minimum absolute atomic E-state index is 0.146. The second-order valence-corrected chi connectivity index (χ2v) is 6.97. The zero-order chi connectivity index (χ0) is 20.8. The first-order valence-corrected chi connectivity index (χ1v) is 9.05. The van der Waals surface area contributed by atoms with E-state index in [1.165, 1.54) is 16.8 Å². The van der Waals surface area contributed by atoms with Gasteiger partial charge < -0.3 is 10.6 Å². The normalized spacial score (nSPS) is 20.2. The first kappa shape index (κ1) is 19.1. The molecule has 0 radical (unpaired) electrons. The van der Waals surface area contributed by atoms with Crippen molar-refractivity contribution < 1.29 is 18.0 Å². The third-order valence-electron chi connectivity index (χ3n) is 5.20. The Bertz CT molecular complexity index is 1070. The lowest BCUT2D eigenvalue weighted by atomic mass is 9.89. The number of nitrogens with zero attached hydrogens (tertiary/aromatic N) is 6. The number of amides is 1. The molecule has 3 aromatic rings. The monoisotopic (exact) mass is 405 g/mol. The molecule has 0 aliphatic carbocycles. The van der Waals surface area contributed by atoms with E-state index in [-0.39, 0.29) is 29.3 Å². The van der Waals surface area contributed by atoms with Crippen LogP contribution in [0.3, 0.4) is 0 Å². The molecular weight excluding hydrogens is 387 g/mol. The van der Waals surface area contributed by atoms with Crippen molar-refractivity contribution in [2.45, 2.75) is 32.0 Å². The Hall–Kier alpha value is -3.24. The molecule has 1 saturated heterocycles. The van der Waals surface area contributed by atoms with Crippen molar-refractivity contribution in [1.82, 2.24) is 24.3 Å². The van der Waals surface area contributed by atoms with Crippen LogP contribution in [0.5, 0.6) is 0 Å². The van der Waals surface area contributed by atoms with Crippen molar-refractivity contribution in [3.8, 4) is 11.5 Å². The first-order chi connectivity index (χ1) is 13.8. The van der Waals surface area contributed by atoms with E-state index in [2.05, 4.69) is 19.9 Å². The molecule has 4 rings (SSSR count). The van der Waals surface area contributed by atoms with Gasteiger partial charge in [-0.1, -0.05) is 0 Å². The number of hydrogen-bond donors (Lipinski definition) is 1. The maximum atomic E-state index is 13.0. The maximum absolute atomic E-state index is 13.0. The van der Waals surface area contributed by atoms with Gasteiger partial charge in [0.15, 0.2) is 17.2 Å². The molecule has 8 nitrogen and oxygen atoms in total. The summed E-state index contributed by atoms with van der Waals surface area (Å²) in [6.07, 6.45) is 1.79. The molecule has 0 bridgehead atoms. The summed E-state index contributed by atoms with van der Waals surface area (Å²) in [5.41, 5.74) is 5.04. The molecule has 1 fully saturated rings. The predicted molar refractivity (Wildman–Crippen MR) is 97.7 cm³/mol. The molecule has 0 unspecified atom stereocenters. The summed E-state index contributed by atoms with van der Waals surface area (Å²) < 4.78 is 40.4. The Morgan fingerprint density at radius 1 is 1.24 bits per heavy atom. The highest BCUT2D eigenvalue weighted by Gasteiger charge is 2.34. The van der Waals surface area contributed by atoms with Crippen molar-refractivity contribution in [3.63, 3.8) is 0 Å². The van der Waals surface area contributed by atoms with Gasteiger partial charge in [0, 0.05) is 25.0 Å². The van der Waals surface area contributed by atoms with Gasteiger partial charge in [-0.05, 0) is 25.8 Å². The van der Waals surface area contributed by atoms with Gasteiger partial charge in [-0.15, -0.1) is 0 Å². The first-order valence-electron chi connectivity index (χ1n) is 9.05. The molecule has 1 aliphatic heterocycles. The van der Waals surface area contributed by atoms with E-state index in [1.54, 1.807) is 6.07 Å². The highest BCUT2D eigenvalue weighted by atomic mass is 19.4. The number of alkyl halides is 3. The van der Waals surface area contributed by atoms with Crippen LogP contribution in [0.2, 0.25) is 0 Å². The highest BCUT2D eigenvalue weighted by Crippen LogP contribution is 2.30. The van der Waals surface area contributed by atoms with Crippen molar-refractivity contribution >= 4 is 17.4 Å². The van der Waals surface area contributed by atoms with E-state index in [4.69, 9.17) is 5.73 Å². The number of primary amides is 1. The van der Waals surface area contributed by atoms with Crippen molar-refractivity contribution in [3.05, 3.63) is 36.5 Å². The molecule has 3 aromatic heterocycles. The van der Waals surface area contributed by atoms with E-state index < -0.39 is 11.9 Å². The lowest BCUT2D eigenvalue weighted by Crippen LogP contribution is -2.48. The van der Waals surface area contributed by atoms with E-state index in [1.807, 2.05) is 11.8 Å². The van der Waals surface area contributed by atoms with Crippen LogP contribution in [0, 0.1) is 5.92 Å². The van der Waals surface area contributed by atoms with Gasteiger partial charge in [-0.2, -0.15) is 13.2 Å². The number of nitrogens with two attached hydrogens (primary N) is 1. The third kappa shape index (κ3) is 3.47. The molecule has 4 heterocycles. The number of aromatic nitrogens is 5. The summed E-state index contributed by atoms with van der Waals surface area (Å²) >= 11 is 0. The van der Waals surface area contributed by atoms with Crippen LogP contribution >= 0.6 is 0 Å². The zero-order valence-corrected chi connectivity index (χ0v) is 15.5. The Balaban J connectivity index is 1.73. The van der Waals surface area contributed by atoms with E-state index in [0.717, 1.165) is 18.8 Å². The van der Waals surface area contributed by atoms with Crippen LogP contribution in [0.25, 0.3) is 17.2 Å². The van der Waals surface area contributed by atoms with Gasteiger partial charge in [0.2, 0.25) is 5.91 Å². The lowest BCUT2D eigenvalue weighted by Gasteiger charge is -2.38. The number of carbonyl (C=O) groups excluding carboxylic acids is 1. The van der Waals surface area contributed by atoms with Crippen LogP contribution in [-0.4, -0.2) is 42.8 Å². The second-order valence-electron chi connectivity index (χ2n) is 6.97. The molecule has 11 heteroatoms. The van der Waals surface area contributed by atoms with Gasteiger partial charge in [0.1, 0.15) is 11.5 Å². The molecule has 152 valence electrons. The van der Waals surface area contributed by atoms with E-state index in [0.29, 0.717) is 24.5 Å². The number of piperidine rings is 1. The predicted octanol–water partition coefficient (Wildman–Crippen LogP) is 2.30. The summed E-state index contributed by atoms with van der Waals surface area (Å²) in [4.78, 5) is 29.9. The Labute approximate surface area is 163 Å². The quantitative estimate of drug-likeness (QED) is 0.717. The summed E-state index contributed by atoms with van der Waals surface area (Å²) in [5, 5.41) is 0. The zero-order valence-electron chi connectivity index (χ0n) is 15.5.